The molecule has 20 heavy (non-hydrogen) atoms. The van der Waals surface area contributed by atoms with E-state index in [1.165, 1.54) is 13.8 Å². The van der Waals surface area contributed by atoms with Gasteiger partial charge in [-0.1, -0.05) is 0 Å². The third kappa shape index (κ3) is 3.95. The van der Waals surface area contributed by atoms with Gasteiger partial charge in [-0.15, -0.1) is 0 Å². The quantitative estimate of drug-likeness (QED) is 0.702. The van der Waals surface area contributed by atoms with Gasteiger partial charge < -0.3 is 9.47 Å². The first kappa shape index (κ1) is 17.4. The second kappa shape index (κ2) is 6.89. The first-order chi connectivity index (χ1) is 9.24. The minimum absolute atomic E-state index is 0.0508. The molecule has 0 radical (unpaired) electrons. The number of methoxy groups -OCH3 is 1. The number of hydrogen-bond donors (Lipinski definition) is 0. The number of ether oxygens (including phenoxy) is 2. The van der Waals surface area contributed by atoms with E-state index in [0.29, 0.717) is 0 Å². The van der Waals surface area contributed by atoms with Gasteiger partial charge >= 0.3 is 5.97 Å². The van der Waals surface area contributed by atoms with Crippen molar-refractivity contribution in [2.45, 2.75) is 57.3 Å². The van der Waals surface area contributed by atoms with Crippen molar-refractivity contribution in [3.8, 4) is 0 Å². The molecular formula is C14H26O5S. The molecule has 6 heteroatoms. The van der Waals surface area contributed by atoms with E-state index in [0.717, 1.165) is 25.7 Å². The molecule has 0 unspecified atom stereocenters. The van der Waals surface area contributed by atoms with E-state index < -0.39 is 20.6 Å². The predicted molar refractivity (Wildman–Crippen MR) is 77.3 cm³/mol. The zero-order valence-corrected chi connectivity index (χ0v) is 13.7. The predicted octanol–water partition coefficient (Wildman–Crippen LogP) is 1.95. The lowest BCUT2D eigenvalue weighted by Gasteiger charge is -2.30. The number of rotatable bonds is 6. The third-order valence-corrected chi connectivity index (χ3v) is 6.76. The summed E-state index contributed by atoms with van der Waals surface area (Å²) >= 11 is 0. The number of sulfone groups is 1. The first-order valence-corrected chi connectivity index (χ1v) is 8.82. The minimum Gasteiger partial charge on any atom is -0.465 e. The molecule has 1 saturated carbocycles. The number of esters is 1. The second-order valence-corrected chi connectivity index (χ2v) is 8.47. The van der Waals surface area contributed by atoms with Gasteiger partial charge in [-0.05, 0) is 52.4 Å². The fourth-order valence-electron chi connectivity index (χ4n) is 2.48. The summed E-state index contributed by atoms with van der Waals surface area (Å²) in [6.07, 6.45) is 3.67. The van der Waals surface area contributed by atoms with Crippen LogP contribution in [0, 0.1) is 5.92 Å². The second-order valence-electron chi connectivity index (χ2n) is 5.89. The van der Waals surface area contributed by atoms with Crippen molar-refractivity contribution < 1.29 is 22.7 Å². The molecule has 5 nitrogen and oxygen atoms in total. The Morgan fingerprint density at radius 1 is 1.20 bits per heavy atom. The van der Waals surface area contributed by atoms with Gasteiger partial charge in [0.05, 0.1) is 18.5 Å². The Morgan fingerprint density at radius 2 is 1.75 bits per heavy atom. The summed E-state index contributed by atoms with van der Waals surface area (Å²) in [4.78, 5) is 11.8. The van der Waals surface area contributed by atoms with Gasteiger partial charge in [-0.3, -0.25) is 4.79 Å². The Hall–Kier alpha value is -0.620. The zero-order chi connectivity index (χ0) is 15.4. The van der Waals surface area contributed by atoms with Crippen LogP contribution in [0.15, 0.2) is 0 Å². The highest BCUT2D eigenvalue weighted by molar-refractivity contribution is 7.93. The van der Waals surface area contributed by atoms with E-state index in [1.807, 2.05) is 0 Å². The summed E-state index contributed by atoms with van der Waals surface area (Å²) in [6, 6.07) is 0. The van der Waals surface area contributed by atoms with E-state index in [1.54, 1.807) is 14.0 Å². The van der Waals surface area contributed by atoms with Gasteiger partial charge in [-0.2, -0.15) is 0 Å². The van der Waals surface area contributed by atoms with Gasteiger partial charge in [0.2, 0.25) is 0 Å². The van der Waals surface area contributed by atoms with Crippen molar-refractivity contribution in [2.24, 2.45) is 5.92 Å². The molecule has 1 rings (SSSR count). The van der Waals surface area contributed by atoms with Crippen LogP contribution in [0.3, 0.4) is 0 Å². The molecule has 0 aliphatic heterocycles. The van der Waals surface area contributed by atoms with Crippen molar-refractivity contribution in [1.82, 2.24) is 0 Å². The molecule has 0 atom stereocenters. The van der Waals surface area contributed by atoms with Gasteiger partial charge in [0.15, 0.2) is 14.6 Å². The Labute approximate surface area is 121 Å². The monoisotopic (exact) mass is 306 g/mol. The average molecular weight is 306 g/mol. The smallest absolute Gasteiger partial charge is 0.326 e. The van der Waals surface area contributed by atoms with E-state index in [2.05, 4.69) is 0 Å². The van der Waals surface area contributed by atoms with Crippen LogP contribution in [-0.4, -0.2) is 44.7 Å². The lowest BCUT2D eigenvalue weighted by Crippen LogP contribution is -2.45. The van der Waals surface area contributed by atoms with Crippen LogP contribution in [0.2, 0.25) is 0 Å². The SMILES string of the molecule is CCOC(=O)C(C)(C)S(=O)(=O)CC1CCC(OC)CC1. The topological polar surface area (TPSA) is 69.7 Å². The van der Waals surface area contributed by atoms with Crippen LogP contribution in [0.4, 0.5) is 0 Å². The fourth-order valence-corrected chi connectivity index (χ4v) is 4.17. The molecule has 0 bridgehead atoms. The molecule has 1 fully saturated rings. The Morgan fingerprint density at radius 3 is 2.20 bits per heavy atom. The number of carbonyl (C=O) groups excluding carboxylic acids is 1. The highest BCUT2D eigenvalue weighted by atomic mass is 32.2. The molecule has 1 aliphatic rings. The van der Waals surface area contributed by atoms with Crippen LogP contribution < -0.4 is 0 Å². The zero-order valence-electron chi connectivity index (χ0n) is 12.8. The van der Waals surface area contributed by atoms with E-state index in [9.17, 15) is 13.2 Å². The molecule has 0 saturated heterocycles. The van der Waals surface area contributed by atoms with Crippen molar-refractivity contribution in [3.63, 3.8) is 0 Å². The fraction of sp³-hybridized carbons (Fsp3) is 0.929. The van der Waals surface area contributed by atoms with E-state index >= 15 is 0 Å². The van der Waals surface area contributed by atoms with Crippen LogP contribution in [0.25, 0.3) is 0 Å². The maximum Gasteiger partial charge on any atom is 0.326 e. The molecule has 0 heterocycles. The van der Waals surface area contributed by atoms with Crippen molar-refractivity contribution in [2.75, 3.05) is 19.5 Å². The first-order valence-electron chi connectivity index (χ1n) is 7.17. The molecule has 118 valence electrons. The maximum absolute atomic E-state index is 12.5. The number of carbonyl (C=O) groups is 1. The van der Waals surface area contributed by atoms with Crippen molar-refractivity contribution in [3.05, 3.63) is 0 Å². The van der Waals surface area contributed by atoms with Gasteiger partial charge in [-0.25, -0.2) is 8.42 Å². The van der Waals surface area contributed by atoms with E-state index in [4.69, 9.17) is 9.47 Å². The highest BCUT2D eigenvalue weighted by Gasteiger charge is 2.44. The van der Waals surface area contributed by atoms with Crippen LogP contribution in [-0.2, 0) is 24.1 Å². The van der Waals surface area contributed by atoms with Crippen LogP contribution in [0.1, 0.15) is 46.5 Å². The molecule has 0 aromatic rings. The molecule has 0 aromatic carbocycles. The Balaban J connectivity index is 2.68. The lowest BCUT2D eigenvalue weighted by atomic mass is 9.89. The highest BCUT2D eigenvalue weighted by Crippen LogP contribution is 2.30. The summed E-state index contributed by atoms with van der Waals surface area (Å²) in [6.45, 7) is 4.73. The molecule has 0 amide bonds. The van der Waals surface area contributed by atoms with Gasteiger partial charge in [0.25, 0.3) is 0 Å². The molecule has 1 aliphatic carbocycles. The Bertz CT molecular complexity index is 419. The Kier molecular flexibility index (Phi) is 6.01. The number of hydrogen-bond acceptors (Lipinski definition) is 5. The summed E-state index contributed by atoms with van der Waals surface area (Å²) < 4.78 is 33.6. The lowest BCUT2D eigenvalue weighted by molar-refractivity contribution is -0.145. The minimum atomic E-state index is -3.52. The van der Waals surface area contributed by atoms with Crippen molar-refractivity contribution in [1.29, 1.82) is 0 Å². The summed E-state index contributed by atoms with van der Waals surface area (Å²) in [5, 5.41) is 0. The molecular weight excluding hydrogens is 280 g/mol. The largest absolute Gasteiger partial charge is 0.465 e. The molecule has 0 N–H and O–H groups in total. The summed E-state index contributed by atoms with van der Waals surface area (Å²) in [5.74, 6) is -0.499. The normalized spacial score (nSPS) is 24.4. The van der Waals surface area contributed by atoms with Crippen LogP contribution in [0.5, 0.6) is 0 Å². The summed E-state index contributed by atoms with van der Waals surface area (Å²) in [5.41, 5.74) is 0. The molecule has 0 aromatic heterocycles. The van der Waals surface area contributed by atoms with Gasteiger partial charge in [0.1, 0.15) is 0 Å². The third-order valence-electron chi connectivity index (χ3n) is 4.13. The average Bonchev–Trinajstić information content (AvgIpc) is 2.39. The van der Waals surface area contributed by atoms with Crippen LogP contribution >= 0.6 is 0 Å². The molecule has 0 spiro atoms. The summed E-state index contributed by atoms with van der Waals surface area (Å²) in [7, 11) is -1.83. The maximum atomic E-state index is 12.5. The standard InChI is InChI=1S/C14H26O5S/c1-5-19-13(15)14(2,3)20(16,17)10-11-6-8-12(18-4)9-7-11/h11-12H,5-10H2,1-4H3. The van der Waals surface area contributed by atoms with E-state index in [-0.39, 0.29) is 24.4 Å². The van der Waals surface area contributed by atoms with Crippen molar-refractivity contribution >= 4 is 15.8 Å². The van der Waals surface area contributed by atoms with Gasteiger partial charge in [0, 0.05) is 7.11 Å².